The van der Waals surface area contributed by atoms with Gasteiger partial charge in [-0.15, -0.1) is 0 Å². The molecular weight excluding hydrogens is 202 g/mol. The van der Waals surface area contributed by atoms with Crippen LogP contribution >= 0.6 is 0 Å². The second-order valence-electron chi connectivity index (χ2n) is 4.42. The molecule has 1 N–H and O–H groups in total. The number of likely N-dealkylation sites (tertiary alicyclic amines) is 1. The molecule has 1 amide bonds. The maximum absolute atomic E-state index is 12.2. The minimum Gasteiger partial charge on any atom is -0.336 e. The lowest BCUT2D eigenvalue weighted by Crippen LogP contribution is -2.43. The zero-order valence-electron chi connectivity index (χ0n) is 9.78. The molecule has 1 atom stereocenters. The van der Waals surface area contributed by atoms with E-state index in [1.54, 1.807) is 12.4 Å². The molecule has 0 saturated carbocycles. The Hall–Kier alpha value is -1.32. The first-order valence-corrected chi connectivity index (χ1v) is 6.12. The Kier molecular flexibility index (Phi) is 3.59. The molecular formula is C12H19N3O. The lowest BCUT2D eigenvalue weighted by molar-refractivity contribution is 0.0601. The third kappa shape index (κ3) is 2.26. The molecule has 1 aromatic heterocycles. The monoisotopic (exact) mass is 221 g/mol. The summed E-state index contributed by atoms with van der Waals surface area (Å²) in [6, 6.07) is 0.432. The van der Waals surface area contributed by atoms with Crippen LogP contribution < -0.4 is 0 Å². The van der Waals surface area contributed by atoms with Crippen LogP contribution in [0.15, 0.2) is 12.4 Å². The quantitative estimate of drug-likeness (QED) is 0.850. The number of nitrogens with one attached hydrogen (secondary N) is 1. The van der Waals surface area contributed by atoms with E-state index in [0.29, 0.717) is 11.6 Å². The molecule has 1 unspecified atom stereocenters. The SMILES string of the molecule is CCCC1CCCCN1C(=O)c1cn[nH]c1. The van der Waals surface area contributed by atoms with E-state index in [1.165, 1.54) is 6.42 Å². The van der Waals surface area contributed by atoms with E-state index in [-0.39, 0.29) is 5.91 Å². The van der Waals surface area contributed by atoms with Gasteiger partial charge < -0.3 is 4.90 Å². The number of piperidine rings is 1. The Balaban J connectivity index is 2.08. The molecule has 88 valence electrons. The highest BCUT2D eigenvalue weighted by molar-refractivity contribution is 5.93. The highest BCUT2D eigenvalue weighted by Crippen LogP contribution is 2.22. The van der Waals surface area contributed by atoms with Crippen LogP contribution in [0.5, 0.6) is 0 Å². The van der Waals surface area contributed by atoms with E-state index in [9.17, 15) is 4.79 Å². The van der Waals surface area contributed by atoms with Gasteiger partial charge in [-0.2, -0.15) is 5.10 Å². The summed E-state index contributed by atoms with van der Waals surface area (Å²) in [6.07, 6.45) is 9.07. The number of carbonyl (C=O) groups excluding carboxylic acids is 1. The van der Waals surface area contributed by atoms with Gasteiger partial charge in [-0.25, -0.2) is 0 Å². The van der Waals surface area contributed by atoms with Gasteiger partial charge in [0.15, 0.2) is 0 Å². The van der Waals surface area contributed by atoms with Crippen LogP contribution in [-0.4, -0.2) is 33.6 Å². The molecule has 1 aliphatic heterocycles. The molecule has 4 nitrogen and oxygen atoms in total. The van der Waals surface area contributed by atoms with E-state index in [1.807, 2.05) is 4.90 Å². The van der Waals surface area contributed by atoms with Crippen molar-refractivity contribution in [3.63, 3.8) is 0 Å². The summed E-state index contributed by atoms with van der Waals surface area (Å²) in [6.45, 7) is 3.07. The van der Waals surface area contributed by atoms with Crippen molar-refractivity contribution in [3.8, 4) is 0 Å². The minimum absolute atomic E-state index is 0.131. The Labute approximate surface area is 96.0 Å². The van der Waals surface area contributed by atoms with Crippen LogP contribution in [0.3, 0.4) is 0 Å². The van der Waals surface area contributed by atoms with Crippen LogP contribution in [0.4, 0.5) is 0 Å². The van der Waals surface area contributed by atoms with Crippen LogP contribution in [0.25, 0.3) is 0 Å². The van der Waals surface area contributed by atoms with Gasteiger partial charge in [0.2, 0.25) is 0 Å². The van der Waals surface area contributed by atoms with E-state index in [2.05, 4.69) is 17.1 Å². The Morgan fingerprint density at radius 1 is 1.62 bits per heavy atom. The number of carbonyl (C=O) groups is 1. The fourth-order valence-electron chi connectivity index (χ4n) is 2.43. The topological polar surface area (TPSA) is 49.0 Å². The van der Waals surface area contributed by atoms with E-state index in [4.69, 9.17) is 0 Å². The molecule has 0 aliphatic carbocycles. The zero-order chi connectivity index (χ0) is 11.4. The molecule has 16 heavy (non-hydrogen) atoms. The number of amides is 1. The van der Waals surface area contributed by atoms with Crippen LogP contribution in [0.2, 0.25) is 0 Å². The maximum atomic E-state index is 12.2. The number of hydrogen-bond donors (Lipinski definition) is 1. The Bertz CT molecular complexity index is 332. The predicted octanol–water partition coefficient (Wildman–Crippen LogP) is 2.20. The Morgan fingerprint density at radius 2 is 2.50 bits per heavy atom. The largest absolute Gasteiger partial charge is 0.336 e. The van der Waals surface area contributed by atoms with Crippen LogP contribution in [-0.2, 0) is 0 Å². The predicted molar refractivity (Wildman–Crippen MR) is 62.2 cm³/mol. The van der Waals surface area contributed by atoms with Crippen molar-refractivity contribution in [1.29, 1.82) is 0 Å². The second kappa shape index (κ2) is 5.14. The van der Waals surface area contributed by atoms with Crippen molar-refractivity contribution in [2.24, 2.45) is 0 Å². The summed E-state index contributed by atoms with van der Waals surface area (Å²) in [5.74, 6) is 0.131. The van der Waals surface area contributed by atoms with E-state index in [0.717, 1.165) is 32.2 Å². The number of aromatic nitrogens is 2. The fraction of sp³-hybridized carbons (Fsp3) is 0.667. The molecule has 1 aliphatic rings. The van der Waals surface area contributed by atoms with Crippen molar-refractivity contribution in [2.75, 3.05) is 6.54 Å². The zero-order valence-corrected chi connectivity index (χ0v) is 9.78. The lowest BCUT2D eigenvalue weighted by atomic mass is 9.97. The third-order valence-corrected chi connectivity index (χ3v) is 3.26. The molecule has 1 fully saturated rings. The van der Waals surface area contributed by atoms with Crippen molar-refractivity contribution >= 4 is 5.91 Å². The maximum Gasteiger partial charge on any atom is 0.257 e. The number of nitrogens with zero attached hydrogens (tertiary/aromatic N) is 2. The number of aromatic amines is 1. The first kappa shape index (κ1) is 11.2. The summed E-state index contributed by atoms with van der Waals surface area (Å²) in [4.78, 5) is 14.2. The first-order valence-electron chi connectivity index (χ1n) is 6.12. The van der Waals surface area contributed by atoms with Gasteiger partial charge in [-0.1, -0.05) is 13.3 Å². The van der Waals surface area contributed by atoms with Crippen LogP contribution in [0.1, 0.15) is 49.4 Å². The summed E-state index contributed by atoms with van der Waals surface area (Å²) < 4.78 is 0. The summed E-state index contributed by atoms with van der Waals surface area (Å²) in [5, 5.41) is 6.54. The van der Waals surface area contributed by atoms with Gasteiger partial charge in [-0.3, -0.25) is 9.89 Å². The normalized spacial score (nSPS) is 21.1. The highest BCUT2D eigenvalue weighted by atomic mass is 16.2. The molecule has 1 aromatic rings. The number of rotatable bonds is 3. The van der Waals surface area contributed by atoms with Crippen LogP contribution in [0, 0.1) is 0 Å². The van der Waals surface area contributed by atoms with Gasteiger partial charge in [0, 0.05) is 18.8 Å². The molecule has 0 spiro atoms. The molecule has 2 heterocycles. The van der Waals surface area contributed by atoms with E-state index >= 15 is 0 Å². The standard InChI is InChI=1S/C12H19N3O/c1-2-5-11-6-3-4-7-15(11)12(16)10-8-13-14-9-10/h8-9,11H,2-7H2,1H3,(H,13,14). The van der Waals surface area contributed by atoms with E-state index < -0.39 is 0 Å². The van der Waals surface area contributed by atoms with Gasteiger partial charge in [0.1, 0.15) is 0 Å². The summed E-state index contributed by atoms with van der Waals surface area (Å²) in [5.41, 5.74) is 0.683. The molecule has 0 bridgehead atoms. The van der Waals surface area contributed by atoms with Gasteiger partial charge >= 0.3 is 0 Å². The average molecular weight is 221 g/mol. The smallest absolute Gasteiger partial charge is 0.257 e. The number of H-pyrrole nitrogens is 1. The lowest BCUT2D eigenvalue weighted by Gasteiger charge is -2.35. The third-order valence-electron chi connectivity index (χ3n) is 3.26. The van der Waals surface area contributed by atoms with Crippen molar-refractivity contribution in [2.45, 2.75) is 45.1 Å². The van der Waals surface area contributed by atoms with Gasteiger partial charge in [-0.05, 0) is 25.7 Å². The van der Waals surface area contributed by atoms with Crippen molar-refractivity contribution in [3.05, 3.63) is 18.0 Å². The van der Waals surface area contributed by atoms with Gasteiger partial charge in [0.25, 0.3) is 5.91 Å². The minimum atomic E-state index is 0.131. The molecule has 4 heteroatoms. The second-order valence-corrected chi connectivity index (χ2v) is 4.42. The van der Waals surface area contributed by atoms with Crippen molar-refractivity contribution in [1.82, 2.24) is 15.1 Å². The first-order chi connectivity index (χ1) is 7.83. The fourth-order valence-corrected chi connectivity index (χ4v) is 2.43. The Morgan fingerprint density at radius 3 is 3.19 bits per heavy atom. The average Bonchev–Trinajstić information content (AvgIpc) is 2.83. The summed E-state index contributed by atoms with van der Waals surface area (Å²) in [7, 11) is 0. The summed E-state index contributed by atoms with van der Waals surface area (Å²) >= 11 is 0. The molecule has 0 radical (unpaired) electrons. The van der Waals surface area contributed by atoms with Crippen molar-refractivity contribution < 1.29 is 4.79 Å². The molecule has 2 rings (SSSR count). The molecule has 0 aromatic carbocycles. The highest BCUT2D eigenvalue weighted by Gasteiger charge is 2.26. The van der Waals surface area contributed by atoms with Gasteiger partial charge in [0.05, 0.1) is 11.8 Å². The molecule has 1 saturated heterocycles. The number of hydrogen-bond acceptors (Lipinski definition) is 2.